The van der Waals surface area contributed by atoms with Crippen LogP contribution in [0.3, 0.4) is 0 Å². The highest BCUT2D eigenvalue weighted by Gasteiger charge is 2.18. The molecule has 0 unspecified atom stereocenters. The van der Waals surface area contributed by atoms with Crippen LogP contribution in [0, 0.1) is 0 Å². The van der Waals surface area contributed by atoms with Gasteiger partial charge in [0, 0.05) is 0 Å². The molecule has 0 bridgehead atoms. The van der Waals surface area contributed by atoms with E-state index in [1.807, 2.05) is 6.92 Å². The number of hydrogen-bond donors (Lipinski definition) is 4. The van der Waals surface area contributed by atoms with Gasteiger partial charge in [-0.15, -0.1) is 0 Å². The van der Waals surface area contributed by atoms with Gasteiger partial charge in [-0.25, -0.2) is 14.4 Å². The van der Waals surface area contributed by atoms with Gasteiger partial charge in [0.2, 0.25) is 0 Å². The molecule has 5 N–H and O–H groups in total. The van der Waals surface area contributed by atoms with Crippen LogP contribution in [0.4, 0.5) is 9.59 Å². The number of aliphatic carboxylic acids is 1. The minimum atomic E-state index is -1.08. The van der Waals surface area contributed by atoms with Gasteiger partial charge in [-0.2, -0.15) is 0 Å². The molecule has 0 radical (unpaired) electrons. The number of carbonyl (C=O) groups excluding carboxylic acids is 2. The second kappa shape index (κ2) is 9.08. The van der Waals surface area contributed by atoms with E-state index in [1.54, 1.807) is 0 Å². The van der Waals surface area contributed by atoms with Gasteiger partial charge >= 0.3 is 18.1 Å². The second-order valence-electron chi connectivity index (χ2n) is 3.60. The molecule has 0 aliphatic rings. The summed E-state index contributed by atoms with van der Waals surface area (Å²) in [5.74, 6) is -1.08. The number of ether oxygens (including phenoxy) is 1. The molecular formula is C10H19N3O5. The molecule has 0 saturated carbocycles. The lowest BCUT2D eigenvalue weighted by molar-refractivity contribution is -0.139. The van der Waals surface area contributed by atoms with Gasteiger partial charge < -0.3 is 26.2 Å². The first kappa shape index (κ1) is 16.0. The Morgan fingerprint density at radius 2 is 2.06 bits per heavy atom. The van der Waals surface area contributed by atoms with Crippen LogP contribution in [0.1, 0.15) is 26.2 Å². The number of carboxylic acid groups (broad SMARTS) is 1. The van der Waals surface area contributed by atoms with E-state index in [1.165, 1.54) is 0 Å². The maximum absolute atomic E-state index is 11.3. The molecule has 0 aliphatic heterocycles. The summed E-state index contributed by atoms with van der Waals surface area (Å²) in [7, 11) is 0. The van der Waals surface area contributed by atoms with Gasteiger partial charge in [-0.3, -0.25) is 0 Å². The third-order valence-electron chi connectivity index (χ3n) is 2.08. The fourth-order valence-electron chi connectivity index (χ4n) is 1.19. The fourth-order valence-corrected chi connectivity index (χ4v) is 1.19. The number of urea groups is 1. The highest BCUT2D eigenvalue weighted by molar-refractivity contribution is 5.82. The van der Waals surface area contributed by atoms with E-state index in [4.69, 9.17) is 10.8 Å². The number of primary amides is 1. The van der Waals surface area contributed by atoms with E-state index in [-0.39, 0.29) is 13.2 Å². The highest BCUT2D eigenvalue weighted by Crippen LogP contribution is 2.00. The Labute approximate surface area is 105 Å². The van der Waals surface area contributed by atoms with Gasteiger partial charge in [0.1, 0.15) is 12.6 Å². The molecule has 3 amide bonds. The summed E-state index contributed by atoms with van der Waals surface area (Å²) in [4.78, 5) is 32.4. The van der Waals surface area contributed by atoms with Crippen molar-refractivity contribution in [2.45, 2.75) is 32.2 Å². The molecule has 8 nitrogen and oxygen atoms in total. The van der Waals surface area contributed by atoms with Gasteiger partial charge in [0.25, 0.3) is 0 Å². The summed E-state index contributed by atoms with van der Waals surface area (Å²) < 4.78 is 4.39. The van der Waals surface area contributed by atoms with E-state index in [0.717, 1.165) is 6.42 Å². The molecule has 0 aromatic heterocycles. The van der Waals surface area contributed by atoms with Crippen molar-refractivity contribution in [1.82, 2.24) is 10.6 Å². The first-order valence-electron chi connectivity index (χ1n) is 5.66. The van der Waals surface area contributed by atoms with Crippen molar-refractivity contribution in [2.24, 2.45) is 5.73 Å². The Morgan fingerprint density at radius 3 is 2.56 bits per heavy atom. The molecule has 18 heavy (non-hydrogen) atoms. The van der Waals surface area contributed by atoms with Crippen molar-refractivity contribution in [3.05, 3.63) is 0 Å². The summed E-state index contributed by atoms with van der Waals surface area (Å²) in [6.45, 7) is 1.94. The lowest BCUT2D eigenvalue weighted by atomic mass is 10.1. The average molecular weight is 261 g/mol. The maximum Gasteiger partial charge on any atom is 0.404 e. The van der Waals surface area contributed by atoms with Crippen LogP contribution < -0.4 is 16.4 Å². The normalized spacial score (nSPS) is 11.4. The number of hydrogen-bond acceptors (Lipinski definition) is 4. The van der Waals surface area contributed by atoms with E-state index in [9.17, 15) is 14.4 Å². The molecule has 0 spiro atoms. The van der Waals surface area contributed by atoms with E-state index in [0.29, 0.717) is 12.8 Å². The van der Waals surface area contributed by atoms with Crippen molar-refractivity contribution in [1.29, 1.82) is 0 Å². The van der Waals surface area contributed by atoms with Crippen molar-refractivity contribution in [3.8, 4) is 0 Å². The van der Waals surface area contributed by atoms with Crippen LogP contribution in [0.15, 0.2) is 0 Å². The Kier molecular flexibility index (Phi) is 8.08. The highest BCUT2D eigenvalue weighted by atomic mass is 16.5. The van der Waals surface area contributed by atoms with Crippen molar-refractivity contribution in [3.63, 3.8) is 0 Å². The number of nitrogens with one attached hydrogen (secondary N) is 2. The zero-order valence-corrected chi connectivity index (χ0v) is 10.3. The zero-order chi connectivity index (χ0) is 14.0. The van der Waals surface area contributed by atoms with Gasteiger partial charge in [0.15, 0.2) is 0 Å². The second-order valence-corrected chi connectivity index (χ2v) is 3.60. The molecule has 0 fully saturated rings. The summed E-state index contributed by atoms with van der Waals surface area (Å²) in [6, 6.07) is -1.53. The third-order valence-corrected chi connectivity index (χ3v) is 2.08. The zero-order valence-electron chi connectivity index (χ0n) is 10.3. The van der Waals surface area contributed by atoms with Crippen LogP contribution in [0.25, 0.3) is 0 Å². The topological polar surface area (TPSA) is 131 Å². The minimum absolute atomic E-state index is 0.0601. The number of carboxylic acids is 1. The predicted molar refractivity (Wildman–Crippen MR) is 63.0 cm³/mol. The van der Waals surface area contributed by atoms with Gasteiger partial charge in [-0.1, -0.05) is 19.8 Å². The SMILES string of the molecule is CCCC[C@H](NC(=O)NCCOC(N)=O)C(=O)O. The van der Waals surface area contributed by atoms with Crippen molar-refractivity contribution in [2.75, 3.05) is 13.2 Å². The summed E-state index contributed by atoms with van der Waals surface area (Å²) in [5, 5.41) is 13.5. The minimum Gasteiger partial charge on any atom is -0.480 e. The molecule has 8 heteroatoms. The van der Waals surface area contributed by atoms with Crippen molar-refractivity contribution < 1.29 is 24.2 Å². The monoisotopic (exact) mass is 261 g/mol. The standard InChI is InChI=1S/C10H19N3O5/c1-2-3-4-7(8(14)15)13-10(17)12-5-6-18-9(11)16/h7H,2-6H2,1H3,(H2,11,16)(H,14,15)(H2,12,13,17)/t7-/m0/s1. The lowest BCUT2D eigenvalue weighted by Gasteiger charge is -2.14. The number of amides is 3. The summed E-state index contributed by atoms with van der Waals surface area (Å²) in [5.41, 5.74) is 4.72. The van der Waals surface area contributed by atoms with Gasteiger partial charge in [-0.05, 0) is 6.42 Å². The first-order valence-corrected chi connectivity index (χ1v) is 5.66. The van der Waals surface area contributed by atoms with Crippen LogP contribution >= 0.6 is 0 Å². The van der Waals surface area contributed by atoms with E-state index in [2.05, 4.69) is 15.4 Å². The van der Waals surface area contributed by atoms with Crippen LogP contribution in [-0.2, 0) is 9.53 Å². The molecule has 0 saturated heterocycles. The lowest BCUT2D eigenvalue weighted by Crippen LogP contribution is -2.46. The number of unbranched alkanes of at least 4 members (excludes halogenated alkanes) is 1. The van der Waals surface area contributed by atoms with Crippen LogP contribution in [0.2, 0.25) is 0 Å². The molecular weight excluding hydrogens is 242 g/mol. The summed E-state index contributed by atoms with van der Waals surface area (Å²) >= 11 is 0. The fraction of sp³-hybridized carbons (Fsp3) is 0.700. The van der Waals surface area contributed by atoms with Gasteiger partial charge in [0.05, 0.1) is 6.54 Å². The Balaban J connectivity index is 3.87. The molecule has 0 heterocycles. The van der Waals surface area contributed by atoms with E-state index >= 15 is 0 Å². The molecule has 0 rings (SSSR count). The molecule has 104 valence electrons. The molecule has 1 atom stereocenters. The van der Waals surface area contributed by atoms with E-state index < -0.39 is 24.1 Å². The molecule has 0 aromatic rings. The predicted octanol–water partition coefficient (Wildman–Crippen LogP) is 0.0243. The average Bonchev–Trinajstić information content (AvgIpc) is 2.29. The quantitative estimate of drug-likeness (QED) is 0.458. The number of carbonyl (C=O) groups is 3. The number of rotatable bonds is 8. The summed E-state index contributed by atoms with van der Waals surface area (Å²) in [6.07, 6.45) is 1.00. The van der Waals surface area contributed by atoms with Crippen molar-refractivity contribution >= 4 is 18.1 Å². The Bertz CT molecular complexity index is 295. The third kappa shape index (κ3) is 8.20. The maximum atomic E-state index is 11.3. The molecule has 0 aliphatic carbocycles. The Morgan fingerprint density at radius 1 is 1.39 bits per heavy atom. The van der Waals surface area contributed by atoms with Crippen LogP contribution in [-0.4, -0.2) is 42.4 Å². The number of nitrogens with two attached hydrogens (primary N) is 1. The largest absolute Gasteiger partial charge is 0.480 e. The Hall–Kier alpha value is -1.99. The molecule has 0 aromatic carbocycles. The smallest absolute Gasteiger partial charge is 0.404 e. The first-order chi connectivity index (χ1) is 8.47. The van der Waals surface area contributed by atoms with Crippen LogP contribution in [0.5, 0.6) is 0 Å².